The molecule has 1 aliphatic heterocycles. The van der Waals surface area contributed by atoms with Crippen molar-refractivity contribution in [2.75, 3.05) is 5.32 Å². The molecule has 1 atom stereocenters. The van der Waals surface area contributed by atoms with Crippen molar-refractivity contribution in [3.05, 3.63) is 70.4 Å². The maximum absolute atomic E-state index is 13.0. The summed E-state index contributed by atoms with van der Waals surface area (Å²) >= 11 is 1.33. The highest BCUT2D eigenvalue weighted by atomic mass is 32.2. The number of hydrogen-bond donors (Lipinski definition) is 2. The number of fused-ring (bicyclic) bond motifs is 1. The lowest BCUT2D eigenvalue weighted by Gasteiger charge is -2.23. The molecule has 0 fully saturated rings. The molecule has 1 aliphatic rings. The highest BCUT2D eigenvalue weighted by molar-refractivity contribution is 7.91. The van der Waals surface area contributed by atoms with E-state index in [9.17, 15) is 18.3 Å². The first-order valence-corrected chi connectivity index (χ1v) is 10.3. The van der Waals surface area contributed by atoms with Gasteiger partial charge in [0.1, 0.15) is 10.6 Å². The van der Waals surface area contributed by atoms with Gasteiger partial charge in [0.05, 0.1) is 10.6 Å². The predicted molar refractivity (Wildman–Crippen MR) is 99.4 cm³/mol. The lowest BCUT2D eigenvalue weighted by atomic mass is 9.91. The highest BCUT2D eigenvalue weighted by Crippen LogP contribution is 2.45. The Morgan fingerprint density at radius 2 is 1.73 bits per heavy atom. The largest absolute Gasteiger partial charge is 0.508 e. The van der Waals surface area contributed by atoms with E-state index in [1.807, 2.05) is 0 Å². The zero-order valence-electron chi connectivity index (χ0n) is 13.5. The molecule has 0 unspecified atom stereocenters. The van der Waals surface area contributed by atoms with E-state index in [-0.39, 0.29) is 33.8 Å². The van der Waals surface area contributed by atoms with Gasteiger partial charge in [-0.1, -0.05) is 30.3 Å². The quantitative estimate of drug-likeness (QED) is 0.719. The number of nitrogens with one attached hydrogen (secondary N) is 1. The maximum atomic E-state index is 13.0. The molecule has 0 radical (unpaired) electrons. The molecule has 0 bridgehead atoms. The molecule has 7 heteroatoms. The summed E-state index contributed by atoms with van der Waals surface area (Å²) in [6, 6.07) is 14.8. The number of amides is 1. The number of hydrogen-bond acceptors (Lipinski definition) is 5. The molecular formula is C19H15NO4S2. The summed E-state index contributed by atoms with van der Waals surface area (Å²) in [4.78, 5) is 13.4. The van der Waals surface area contributed by atoms with Gasteiger partial charge in [-0.2, -0.15) is 0 Å². The molecule has 2 aromatic carbocycles. The Kier molecular flexibility index (Phi) is 4.05. The zero-order chi connectivity index (χ0) is 18.3. The number of carbonyl (C=O) groups excluding carboxylic acids is 1. The SMILES string of the molecule is O=C1C[C@@H](c2ccc(O)cc2)c2scc(S(=O)(=O)c3ccccc3)c2N1. The summed E-state index contributed by atoms with van der Waals surface area (Å²) in [5, 5.41) is 13.8. The van der Waals surface area contributed by atoms with Crippen LogP contribution in [0.15, 0.2) is 69.8 Å². The van der Waals surface area contributed by atoms with Gasteiger partial charge in [-0.05, 0) is 29.8 Å². The second-order valence-corrected chi connectivity index (χ2v) is 8.88. The molecule has 0 spiro atoms. The first-order valence-electron chi connectivity index (χ1n) is 7.97. The van der Waals surface area contributed by atoms with Crippen molar-refractivity contribution in [3.63, 3.8) is 0 Å². The van der Waals surface area contributed by atoms with E-state index in [2.05, 4.69) is 5.32 Å². The smallest absolute Gasteiger partial charge is 0.225 e. The van der Waals surface area contributed by atoms with E-state index in [0.29, 0.717) is 5.69 Å². The highest BCUT2D eigenvalue weighted by Gasteiger charge is 2.34. The lowest BCUT2D eigenvalue weighted by molar-refractivity contribution is -0.116. The van der Waals surface area contributed by atoms with Gasteiger partial charge >= 0.3 is 0 Å². The van der Waals surface area contributed by atoms with Crippen molar-refractivity contribution in [1.29, 1.82) is 0 Å². The molecule has 0 saturated heterocycles. The first kappa shape index (κ1) is 16.8. The average molecular weight is 385 g/mol. The Labute approximate surface area is 154 Å². The molecule has 2 heterocycles. The fraction of sp³-hybridized carbons (Fsp3) is 0.105. The van der Waals surface area contributed by atoms with Gasteiger partial charge in [-0.15, -0.1) is 11.3 Å². The number of anilines is 1. The summed E-state index contributed by atoms with van der Waals surface area (Å²) in [7, 11) is -3.72. The van der Waals surface area contributed by atoms with Crippen LogP contribution in [0.25, 0.3) is 0 Å². The van der Waals surface area contributed by atoms with Crippen LogP contribution in [-0.2, 0) is 14.6 Å². The normalized spacial score (nSPS) is 16.8. The second kappa shape index (κ2) is 6.26. The third-order valence-corrected chi connectivity index (χ3v) is 7.43. The predicted octanol–water partition coefficient (Wildman–Crippen LogP) is 3.76. The molecule has 132 valence electrons. The minimum atomic E-state index is -3.72. The Bertz CT molecular complexity index is 1070. The number of aromatic hydroxyl groups is 1. The van der Waals surface area contributed by atoms with Crippen LogP contribution in [0.1, 0.15) is 22.8 Å². The Hall–Kier alpha value is -2.64. The molecule has 2 N–H and O–H groups in total. The summed E-state index contributed by atoms with van der Waals surface area (Å²) in [5.41, 5.74) is 1.23. The van der Waals surface area contributed by atoms with Gasteiger partial charge in [0.25, 0.3) is 0 Å². The molecule has 1 amide bonds. The molecule has 0 saturated carbocycles. The van der Waals surface area contributed by atoms with E-state index >= 15 is 0 Å². The van der Waals surface area contributed by atoms with E-state index in [1.54, 1.807) is 60.0 Å². The summed E-state index contributed by atoms with van der Waals surface area (Å²) in [6.07, 6.45) is 0.239. The third kappa shape index (κ3) is 2.79. The number of phenolic OH excluding ortho intramolecular Hbond substituents is 1. The molecule has 5 nitrogen and oxygen atoms in total. The van der Waals surface area contributed by atoms with Crippen LogP contribution in [0.5, 0.6) is 5.75 Å². The van der Waals surface area contributed by atoms with E-state index in [1.165, 1.54) is 11.3 Å². The summed E-state index contributed by atoms with van der Waals surface area (Å²) < 4.78 is 26.0. The Morgan fingerprint density at radius 3 is 2.42 bits per heavy atom. The number of benzene rings is 2. The number of sulfone groups is 1. The van der Waals surface area contributed by atoms with Crippen molar-refractivity contribution in [2.24, 2.45) is 0 Å². The van der Waals surface area contributed by atoms with Gasteiger partial charge in [-0.25, -0.2) is 8.42 Å². The maximum Gasteiger partial charge on any atom is 0.225 e. The van der Waals surface area contributed by atoms with Crippen molar-refractivity contribution < 1.29 is 18.3 Å². The van der Waals surface area contributed by atoms with Crippen LogP contribution >= 0.6 is 11.3 Å². The molecule has 0 aliphatic carbocycles. The van der Waals surface area contributed by atoms with Gasteiger partial charge < -0.3 is 10.4 Å². The van der Waals surface area contributed by atoms with Gasteiger partial charge in [0, 0.05) is 22.6 Å². The average Bonchev–Trinajstić information content (AvgIpc) is 3.07. The topological polar surface area (TPSA) is 83.5 Å². The van der Waals surface area contributed by atoms with Gasteiger partial charge in [0.15, 0.2) is 0 Å². The van der Waals surface area contributed by atoms with Crippen molar-refractivity contribution in [3.8, 4) is 5.75 Å². The van der Waals surface area contributed by atoms with Crippen LogP contribution in [0.3, 0.4) is 0 Å². The summed E-state index contributed by atoms with van der Waals surface area (Å²) in [5.74, 6) is -0.310. The molecule has 4 rings (SSSR count). The summed E-state index contributed by atoms with van der Waals surface area (Å²) in [6.45, 7) is 0. The van der Waals surface area contributed by atoms with Crippen LogP contribution in [-0.4, -0.2) is 19.4 Å². The van der Waals surface area contributed by atoms with Gasteiger partial charge in [0.2, 0.25) is 15.7 Å². The fourth-order valence-electron chi connectivity index (χ4n) is 3.10. The Morgan fingerprint density at radius 1 is 1.04 bits per heavy atom. The van der Waals surface area contributed by atoms with Crippen LogP contribution in [0.2, 0.25) is 0 Å². The Balaban J connectivity index is 1.83. The van der Waals surface area contributed by atoms with E-state index in [0.717, 1.165) is 10.4 Å². The van der Waals surface area contributed by atoms with E-state index < -0.39 is 9.84 Å². The standard InChI is InChI=1S/C19H15NO4S2/c21-13-8-6-12(7-9-13)15-10-17(22)20-18-16(11-25-19(15)18)26(23,24)14-4-2-1-3-5-14/h1-9,11,15,21H,10H2,(H,20,22)/t15-/m0/s1. The monoisotopic (exact) mass is 385 g/mol. The van der Waals surface area contributed by atoms with Crippen molar-refractivity contribution in [2.45, 2.75) is 22.1 Å². The molecule has 3 aromatic rings. The van der Waals surface area contributed by atoms with Crippen LogP contribution in [0.4, 0.5) is 5.69 Å². The van der Waals surface area contributed by atoms with Gasteiger partial charge in [-0.3, -0.25) is 4.79 Å². The number of carbonyl (C=O) groups is 1. The fourth-order valence-corrected chi connectivity index (χ4v) is 6.03. The minimum Gasteiger partial charge on any atom is -0.508 e. The molecule has 26 heavy (non-hydrogen) atoms. The van der Waals surface area contributed by atoms with Crippen molar-refractivity contribution in [1.82, 2.24) is 0 Å². The van der Waals surface area contributed by atoms with Crippen molar-refractivity contribution >= 4 is 32.8 Å². The number of phenols is 1. The number of rotatable bonds is 3. The lowest BCUT2D eigenvalue weighted by Crippen LogP contribution is -2.23. The first-order chi connectivity index (χ1) is 12.5. The third-order valence-electron chi connectivity index (χ3n) is 4.39. The molecular weight excluding hydrogens is 370 g/mol. The van der Waals surface area contributed by atoms with E-state index in [4.69, 9.17) is 0 Å². The van der Waals surface area contributed by atoms with Crippen LogP contribution < -0.4 is 5.32 Å². The molecule has 1 aromatic heterocycles. The second-order valence-electron chi connectivity index (χ2n) is 6.05. The zero-order valence-corrected chi connectivity index (χ0v) is 15.2. The minimum absolute atomic E-state index is 0.125. The number of thiophene rings is 1. The van der Waals surface area contributed by atoms with Crippen LogP contribution in [0, 0.1) is 0 Å².